The molecule has 0 spiro atoms. The largest absolute Gasteiger partial charge is 0.493 e. The van der Waals surface area contributed by atoms with Crippen molar-refractivity contribution in [2.45, 2.75) is 19.9 Å². The maximum atomic E-state index is 12.2. The molecule has 138 valence electrons. The van der Waals surface area contributed by atoms with Gasteiger partial charge in [0.2, 0.25) is 0 Å². The summed E-state index contributed by atoms with van der Waals surface area (Å²) in [6, 6.07) is 7.83. The Morgan fingerprint density at radius 2 is 1.96 bits per heavy atom. The Kier molecular flexibility index (Phi) is 5.58. The fraction of sp³-hybridized carbons (Fsp3) is 0.368. The Balaban J connectivity index is 1.66. The van der Waals surface area contributed by atoms with Crippen LogP contribution in [0, 0.1) is 6.92 Å². The van der Waals surface area contributed by atoms with Crippen LogP contribution in [0.25, 0.3) is 10.2 Å². The molecule has 0 aliphatic heterocycles. The first-order chi connectivity index (χ1) is 12.5. The number of fused-ring (bicyclic) bond motifs is 1. The fourth-order valence-corrected chi connectivity index (χ4v) is 3.76. The number of thiophene rings is 1. The molecule has 0 saturated carbocycles. The van der Waals surface area contributed by atoms with Crippen LogP contribution < -0.4 is 15.0 Å². The molecule has 6 nitrogen and oxygen atoms in total. The van der Waals surface area contributed by atoms with Gasteiger partial charge >= 0.3 is 0 Å². The number of benzene rings is 1. The molecule has 3 aromatic rings. The van der Waals surface area contributed by atoms with Gasteiger partial charge in [0.05, 0.1) is 26.2 Å². The lowest BCUT2D eigenvalue weighted by Crippen LogP contribution is -2.24. The smallest absolute Gasteiger partial charge is 0.259 e. The average Bonchev–Trinajstić information content (AvgIpc) is 3.00. The summed E-state index contributed by atoms with van der Waals surface area (Å²) in [5.74, 6) is 2.15. The molecule has 7 heteroatoms. The summed E-state index contributed by atoms with van der Waals surface area (Å²) < 4.78 is 10.6. The third-order valence-corrected chi connectivity index (χ3v) is 5.17. The van der Waals surface area contributed by atoms with Crippen molar-refractivity contribution in [1.82, 2.24) is 14.9 Å². The SMILES string of the molecule is COc1ccc(CCN(C)Cc2nc3sc(C)cc3c(=O)[nH]2)cc1OC. The first-order valence-electron chi connectivity index (χ1n) is 8.39. The minimum absolute atomic E-state index is 0.0670. The maximum Gasteiger partial charge on any atom is 0.259 e. The Bertz CT molecular complexity index is 964. The van der Waals surface area contributed by atoms with Crippen molar-refractivity contribution in [3.8, 4) is 11.5 Å². The number of aryl methyl sites for hydroxylation is 1. The number of H-pyrrole nitrogens is 1. The van der Waals surface area contributed by atoms with Gasteiger partial charge in [0.1, 0.15) is 10.7 Å². The van der Waals surface area contributed by atoms with Crippen molar-refractivity contribution in [2.75, 3.05) is 27.8 Å². The first kappa shape index (κ1) is 18.4. The van der Waals surface area contributed by atoms with E-state index in [4.69, 9.17) is 9.47 Å². The summed E-state index contributed by atoms with van der Waals surface area (Å²) in [6.07, 6.45) is 0.863. The Hall–Kier alpha value is -2.38. The zero-order valence-corrected chi connectivity index (χ0v) is 16.3. The van der Waals surface area contributed by atoms with Crippen molar-refractivity contribution >= 4 is 21.6 Å². The van der Waals surface area contributed by atoms with Crippen LogP contribution in [0.3, 0.4) is 0 Å². The zero-order valence-electron chi connectivity index (χ0n) is 15.5. The summed E-state index contributed by atoms with van der Waals surface area (Å²) in [6.45, 7) is 3.41. The lowest BCUT2D eigenvalue weighted by molar-refractivity contribution is 0.322. The third-order valence-electron chi connectivity index (χ3n) is 4.22. The second-order valence-electron chi connectivity index (χ2n) is 6.27. The molecule has 0 radical (unpaired) electrons. The van der Waals surface area contributed by atoms with Gasteiger partial charge in [0.15, 0.2) is 11.5 Å². The molecule has 0 aliphatic carbocycles. The normalized spacial score (nSPS) is 11.3. The van der Waals surface area contributed by atoms with Gasteiger partial charge < -0.3 is 14.5 Å². The minimum Gasteiger partial charge on any atom is -0.493 e. The number of hydrogen-bond donors (Lipinski definition) is 1. The summed E-state index contributed by atoms with van der Waals surface area (Å²) in [4.78, 5) is 23.7. The van der Waals surface area contributed by atoms with Gasteiger partial charge in [-0.15, -0.1) is 11.3 Å². The van der Waals surface area contributed by atoms with E-state index in [2.05, 4.69) is 14.9 Å². The fourth-order valence-electron chi connectivity index (χ4n) is 2.86. The number of aromatic nitrogens is 2. The van der Waals surface area contributed by atoms with Gasteiger partial charge in [0, 0.05) is 11.4 Å². The molecule has 0 atom stereocenters. The van der Waals surface area contributed by atoms with Crippen LogP contribution in [0.2, 0.25) is 0 Å². The van der Waals surface area contributed by atoms with E-state index in [-0.39, 0.29) is 5.56 Å². The predicted octanol–water partition coefficient (Wildman–Crippen LogP) is 2.98. The third kappa shape index (κ3) is 4.05. The van der Waals surface area contributed by atoms with Gasteiger partial charge in [-0.2, -0.15) is 0 Å². The summed E-state index contributed by atoms with van der Waals surface area (Å²) >= 11 is 1.55. The number of nitrogens with zero attached hydrogens (tertiary/aromatic N) is 2. The predicted molar refractivity (Wildman–Crippen MR) is 105 cm³/mol. The van der Waals surface area contributed by atoms with Crippen LogP contribution in [0.4, 0.5) is 0 Å². The van der Waals surface area contributed by atoms with E-state index in [1.807, 2.05) is 38.2 Å². The monoisotopic (exact) mass is 373 g/mol. The Labute approximate surface area is 156 Å². The lowest BCUT2D eigenvalue weighted by atomic mass is 10.1. The molecule has 26 heavy (non-hydrogen) atoms. The van der Waals surface area contributed by atoms with Crippen LogP contribution in [0.15, 0.2) is 29.1 Å². The molecule has 1 aromatic carbocycles. The maximum absolute atomic E-state index is 12.2. The molecule has 2 heterocycles. The highest BCUT2D eigenvalue weighted by atomic mass is 32.1. The summed E-state index contributed by atoms with van der Waals surface area (Å²) in [7, 11) is 5.29. The molecule has 2 aromatic heterocycles. The number of methoxy groups -OCH3 is 2. The van der Waals surface area contributed by atoms with Crippen molar-refractivity contribution < 1.29 is 9.47 Å². The first-order valence-corrected chi connectivity index (χ1v) is 9.20. The van der Waals surface area contributed by atoms with Crippen LogP contribution in [-0.2, 0) is 13.0 Å². The van der Waals surface area contributed by atoms with Gasteiger partial charge in [-0.05, 0) is 44.2 Å². The molecule has 0 bridgehead atoms. The highest BCUT2D eigenvalue weighted by Crippen LogP contribution is 2.27. The topological polar surface area (TPSA) is 67.5 Å². The van der Waals surface area contributed by atoms with Crippen LogP contribution in [-0.4, -0.2) is 42.7 Å². The zero-order chi connectivity index (χ0) is 18.7. The molecule has 0 aliphatic rings. The van der Waals surface area contributed by atoms with Crippen molar-refractivity contribution in [3.63, 3.8) is 0 Å². The van der Waals surface area contributed by atoms with Crippen LogP contribution >= 0.6 is 11.3 Å². The van der Waals surface area contributed by atoms with Gasteiger partial charge in [0.25, 0.3) is 5.56 Å². The van der Waals surface area contributed by atoms with Gasteiger partial charge in [-0.25, -0.2) is 4.98 Å². The summed E-state index contributed by atoms with van der Waals surface area (Å²) in [5, 5.41) is 0.671. The minimum atomic E-state index is -0.0670. The Morgan fingerprint density at radius 3 is 2.69 bits per heavy atom. The highest BCUT2D eigenvalue weighted by Gasteiger charge is 2.10. The van der Waals surface area contributed by atoms with E-state index < -0.39 is 0 Å². The number of rotatable bonds is 7. The molecule has 1 N–H and O–H groups in total. The van der Waals surface area contributed by atoms with E-state index in [1.54, 1.807) is 25.6 Å². The highest BCUT2D eigenvalue weighted by molar-refractivity contribution is 7.18. The molecular formula is C19H23N3O3S. The number of aromatic amines is 1. The number of hydrogen-bond acceptors (Lipinski definition) is 6. The van der Waals surface area contributed by atoms with E-state index in [1.165, 1.54) is 5.56 Å². The average molecular weight is 373 g/mol. The van der Waals surface area contributed by atoms with E-state index in [0.29, 0.717) is 17.8 Å². The number of ether oxygens (including phenoxy) is 2. The quantitative estimate of drug-likeness (QED) is 0.690. The second kappa shape index (κ2) is 7.88. The second-order valence-corrected chi connectivity index (χ2v) is 7.50. The van der Waals surface area contributed by atoms with Crippen LogP contribution in [0.1, 0.15) is 16.3 Å². The molecule has 3 rings (SSSR count). The number of nitrogens with one attached hydrogen (secondary N) is 1. The molecular weight excluding hydrogens is 350 g/mol. The van der Waals surface area contributed by atoms with Crippen molar-refractivity contribution in [2.24, 2.45) is 0 Å². The van der Waals surface area contributed by atoms with E-state index in [9.17, 15) is 4.79 Å². The molecule has 0 unspecified atom stereocenters. The van der Waals surface area contributed by atoms with Crippen molar-refractivity contribution in [1.29, 1.82) is 0 Å². The van der Waals surface area contributed by atoms with Gasteiger partial charge in [-0.3, -0.25) is 9.69 Å². The molecule has 0 amide bonds. The van der Waals surface area contributed by atoms with Gasteiger partial charge in [-0.1, -0.05) is 6.07 Å². The summed E-state index contributed by atoms with van der Waals surface area (Å²) in [5.41, 5.74) is 1.10. The van der Waals surface area contributed by atoms with Crippen LogP contribution in [0.5, 0.6) is 11.5 Å². The molecule has 0 fully saturated rings. The Morgan fingerprint density at radius 1 is 1.19 bits per heavy atom. The number of likely N-dealkylation sites (N-methyl/N-ethyl adjacent to an activating group) is 1. The van der Waals surface area contributed by atoms with E-state index in [0.717, 1.165) is 34.2 Å². The lowest BCUT2D eigenvalue weighted by Gasteiger charge is -2.16. The van der Waals surface area contributed by atoms with E-state index >= 15 is 0 Å². The standard InChI is InChI=1S/C19H23N3O3S/c1-12-9-14-18(23)20-17(21-19(14)26-12)11-22(2)8-7-13-5-6-15(24-3)16(10-13)25-4/h5-6,9-10H,7-8,11H2,1-4H3,(H,20,21,23). The molecule has 0 saturated heterocycles. The van der Waals surface area contributed by atoms with Crippen molar-refractivity contribution in [3.05, 3.63) is 50.9 Å².